The first kappa shape index (κ1) is 21.8. The lowest BCUT2D eigenvalue weighted by Crippen LogP contribution is -1.97. The number of fused-ring (bicyclic) bond motifs is 6. The molecule has 0 radical (unpaired) electrons. The normalized spacial score (nSPS) is 11.6. The summed E-state index contributed by atoms with van der Waals surface area (Å²) in [6.45, 7) is 0. The van der Waals surface area contributed by atoms with Crippen LogP contribution in [0.3, 0.4) is 0 Å². The van der Waals surface area contributed by atoms with Crippen LogP contribution in [0.5, 0.6) is 0 Å². The molecule has 0 aliphatic rings. The van der Waals surface area contributed by atoms with E-state index in [4.69, 9.17) is 4.98 Å². The van der Waals surface area contributed by atoms with Crippen molar-refractivity contribution in [3.05, 3.63) is 146 Å². The molecule has 0 aliphatic heterocycles. The molecule has 8 rings (SSSR count). The highest BCUT2D eigenvalue weighted by Crippen LogP contribution is 2.35. The Bertz CT molecular complexity index is 2150. The molecule has 2 heteroatoms. The largest absolute Gasteiger partial charge is 0.292 e. The van der Waals surface area contributed by atoms with Crippen LogP contribution < -0.4 is 0 Å². The van der Waals surface area contributed by atoms with Crippen LogP contribution in [0.15, 0.2) is 146 Å². The third-order valence-corrected chi connectivity index (χ3v) is 7.80. The van der Waals surface area contributed by atoms with Crippen molar-refractivity contribution < 1.29 is 0 Å². The van der Waals surface area contributed by atoms with E-state index in [1.807, 2.05) is 12.1 Å². The van der Waals surface area contributed by atoms with E-state index in [2.05, 4.69) is 138 Å². The fraction of sp³-hybridized carbons (Fsp3) is 0. The average molecular weight is 497 g/mol. The first-order valence-corrected chi connectivity index (χ1v) is 13.3. The van der Waals surface area contributed by atoms with E-state index >= 15 is 0 Å². The SMILES string of the molecule is c1ccc(-n2c(-c3ccc(-c4ccc5ccc6c7ccccc7ccc6c5c4)cc3)nc3ccccc32)cc1. The molecule has 8 aromatic rings. The molecule has 0 bridgehead atoms. The highest BCUT2D eigenvalue weighted by atomic mass is 15.1. The van der Waals surface area contributed by atoms with Gasteiger partial charge in [0.1, 0.15) is 5.82 Å². The van der Waals surface area contributed by atoms with Crippen molar-refractivity contribution >= 4 is 43.4 Å². The van der Waals surface area contributed by atoms with Crippen molar-refractivity contribution in [2.45, 2.75) is 0 Å². The maximum atomic E-state index is 5.02. The second kappa shape index (κ2) is 8.68. The molecule has 0 spiro atoms. The number of aromatic nitrogens is 2. The lowest BCUT2D eigenvalue weighted by atomic mass is 9.94. The Morgan fingerprint density at radius 1 is 0.410 bits per heavy atom. The summed E-state index contributed by atoms with van der Waals surface area (Å²) in [5.74, 6) is 0.949. The quantitative estimate of drug-likeness (QED) is 0.223. The first-order valence-electron chi connectivity index (χ1n) is 13.3. The Morgan fingerprint density at radius 3 is 1.87 bits per heavy atom. The van der Waals surface area contributed by atoms with Crippen molar-refractivity contribution in [1.82, 2.24) is 9.55 Å². The summed E-state index contributed by atoms with van der Waals surface area (Å²) in [5, 5.41) is 7.71. The van der Waals surface area contributed by atoms with E-state index < -0.39 is 0 Å². The number of nitrogens with zero attached hydrogens (tertiary/aromatic N) is 2. The molecule has 1 aromatic heterocycles. The smallest absolute Gasteiger partial charge is 0.145 e. The third-order valence-electron chi connectivity index (χ3n) is 7.80. The van der Waals surface area contributed by atoms with E-state index in [0.29, 0.717) is 0 Å². The standard InChI is InChI=1S/C37H24N2/c1-2-9-30(10-3-1)39-36-13-7-6-12-35(36)38-37(39)28-17-14-25(15-18-28)29-19-16-27-21-22-32-31-11-5-4-8-26(31)20-23-33(32)34(27)24-29/h1-24H. The zero-order valence-corrected chi connectivity index (χ0v) is 21.3. The molecule has 0 saturated heterocycles. The zero-order chi connectivity index (χ0) is 25.8. The van der Waals surface area contributed by atoms with Gasteiger partial charge in [-0.3, -0.25) is 4.57 Å². The molecule has 7 aromatic carbocycles. The van der Waals surface area contributed by atoms with Crippen molar-refractivity contribution in [3.8, 4) is 28.2 Å². The fourth-order valence-electron chi connectivity index (χ4n) is 5.87. The van der Waals surface area contributed by atoms with Crippen LogP contribution in [-0.2, 0) is 0 Å². The van der Waals surface area contributed by atoms with Crippen LogP contribution in [0.25, 0.3) is 71.6 Å². The zero-order valence-electron chi connectivity index (χ0n) is 21.3. The van der Waals surface area contributed by atoms with Crippen molar-refractivity contribution in [1.29, 1.82) is 0 Å². The van der Waals surface area contributed by atoms with E-state index in [0.717, 1.165) is 28.1 Å². The van der Waals surface area contributed by atoms with Gasteiger partial charge in [0.2, 0.25) is 0 Å². The Balaban J connectivity index is 1.25. The van der Waals surface area contributed by atoms with Crippen LogP contribution in [0.2, 0.25) is 0 Å². The monoisotopic (exact) mass is 496 g/mol. The number of benzene rings is 7. The van der Waals surface area contributed by atoms with Crippen LogP contribution in [0, 0.1) is 0 Å². The lowest BCUT2D eigenvalue weighted by molar-refractivity contribution is 1.10. The van der Waals surface area contributed by atoms with Gasteiger partial charge in [0.15, 0.2) is 0 Å². The van der Waals surface area contributed by atoms with Gasteiger partial charge >= 0.3 is 0 Å². The predicted octanol–water partition coefficient (Wildman–Crippen LogP) is 9.82. The Hall–Kier alpha value is -5.21. The molecule has 0 aliphatic carbocycles. The van der Waals surface area contributed by atoms with Gasteiger partial charge in [0, 0.05) is 11.3 Å². The summed E-state index contributed by atoms with van der Waals surface area (Å²) in [4.78, 5) is 5.02. The molecular formula is C37H24N2. The number of rotatable bonds is 3. The first-order chi connectivity index (χ1) is 19.3. The minimum Gasteiger partial charge on any atom is -0.292 e. The van der Waals surface area contributed by atoms with Gasteiger partial charge in [-0.2, -0.15) is 0 Å². The minimum absolute atomic E-state index is 0.949. The fourth-order valence-corrected chi connectivity index (χ4v) is 5.87. The maximum absolute atomic E-state index is 5.02. The summed E-state index contributed by atoms with van der Waals surface area (Å²) < 4.78 is 2.25. The highest BCUT2D eigenvalue weighted by Gasteiger charge is 2.14. The van der Waals surface area contributed by atoms with Crippen LogP contribution >= 0.6 is 0 Å². The summed E-state index contributed by atoms with van der Waals surface area (Å²) in [6.07, 6.45) is 0. The lowest BCUT2D eigenvalue weighted by Gasteiger charge is -2.11. The topological polar surface area (TPSA) is 17.8 Å². The molecule has 0 N–H and O–H groups in total. The number of para-hydroxylation sites is 3. The average Bonchev–Trinajstić information content (AvgIpc) is 3.41. The molecule has 0 unspecified atom stereocenters. The van der Waals surface area contributed by atoms with Gasteiger partial charge in [0.25, 0.3) is 0 Å². The number of imidazole rings is 1. The molecule has 0 fully saturated rings. The summed E-state index contributed by atoms with van der Waals surface area (Å²) in [5.41, 5.74) is 6.72. The van der Waals surface area contributed by atoms with Gasteiger partial charge in [0.05, 0.1) is 11.0 Å². The molecule has 182 valence electrons. The Kier molecular flexibility index (Phi) is 4.86. The van der Waals surface area contributed by atoms with Crippen LogP contribution in [-0.4, -0.2) is 9.55 Å². The molecule has 1 heterocycles. The van der Waals surface area contributed by atoms with Crippen LogP contribution in [0.4, 0.5) is 0 Å². The molecule has 39 heavy (non-hydrogen) atoms. The predicted molar refractivity (Wildman–Crippen MR) is 164 cm³/mol. The Labute approximate surface area is 226 Å². The third kappa shape index (κ3) is 3.53. The number of hydrogen-bond acceptors (Lipinski definition) is 1. The van der Waals surface area contributed by atoms with Gasteiger partial charge in [-0.1, -0.05) is 115 Å². The minimum atomic E-state index is 0.949. The summed E-state index contributed by atoms with van der Waals surface area (Å²) >= 11 is 0. The summed E-state index contributed by atoms with van der Waals surface area (Å²) in [6, 6.07) is 52.0. The van der Waals surface area contributed by atoms with Gasteiger partial charge < -0.3 is 0 Å². The Morgan fingerprint density at radius 2 is 1.03 bits per heavy atom. The van der Waals surface area contributed by atoms with E-state index in [1.165, 1.54) is 43.4 Å². The second-order valence-electron chi connectivity index (χ2n) is 10.1. The van der Waals surface area contributed by atoms with Gasteiger partial charge in [-0.25, -0.2) is 4.98 Å². The second-order valence-corrected chi connectivity index (χ2v) is 10.1. The molecule has 0 saturated carbocycles. The van der Waals surface area contributed by atoms with Gasteiger partial charge in [-0.05, 0) is 73.8 Å². The highest BCUT2D eigenvalue weighted by molar-refractivity contribution is 6.17. The van der Waals surface area contributed by atoms with Crippen molar-refractivity contribution in [2.24, 2.45) is 0 Å². The molecular weight excluding hydrogens is 472 g/mol. The van der Waals surface area contributed by atoms with E-state index in [-0.39, 0.29) is 0 Å². The van der Waals surface area contributed by atoms with Crippen molar-refractivity contribution in [2.75, 3.05) is 0 Å². The van der Waals surface area contributed by atoms with Crippen LogP contribution in [0.1, 0.15) is 0 Å². The molecule has 0 amide bonds. The van der Waals surface area contributed by atoms with E-state index in [1.54, 1.807) is 0 Å². The molecule has 2 nitrogen and oxygen atoms in total. The maximum Gasteiger partial charge on any atom is 0.145 e. The number of hydrogen-bond donors (Lipinski definition) is 0. The molecule has 0 atom stereocenters. The van der Waals surface area contributed by atoms with Crippen molar-refractivity contribution in [3.63, 3.8) is 0 Å². The van der Waals surface area contributed by atoms with E-state index in [9.17, 15) is 0 Å². The summed E-state index contributed by atoms with van der Waals surface area (Å²) in [7, 11) is 0. The van der Waals surface area contributed by atoms with Gasteiger partial charge in [-0.15, -0.1) is 0 Å².